The topological polar surface area (TPSA) is 79.5 Å². The fourth-order valence-corrected chi connectivity index (χ4v) is 3.46. The van der Waals surface area contributed by atoms with Gasteiger partial charge in [0.15, 0.2) is 0 Å². The van der Waals surface area contributed by atoms with E-state index in [9.17, 15) is 9.59 Å². The molecule has 0 unspecified atom stereocenters. The zero-order valence-electron chi connectivity index (χ0n) is 17.1. The normalized spacial score (nSPS) is 15.6. The van der Waals surface area contributed by atoms with Crippen molar-refractivity contribution in [2.24, 2.45) is 0 Å². The zero-order chi connectivity index (χ0) is 21.6. The molecular formula is C25H23N3O3. The summed E-state index contributed by atoms with van der Waals surface area (Å²) < 4.78 is 5.84. The molecule has 3 amide bonds. The molecule has 0 bridgehead atoms. The lowest BCUT2D eigenvalue weighted by Crippen LogP contribution is -2.45. The van der Waals surface area contributed by atoms with Crippen molar-refractivity contribution in [1.82, 2.24) is 10.6 Å². The molecule has 4 rings (SSSR count). The minimum absolute atomic E-state index is 0.273. The van der Waals surface area contributed by atoms with E-state index >= 15 is 0 Å². The Kier molecular flexibility index (Phi) is 5.98. The Morgan fingerprint density at radius 2 is 1.58 bits per heavy atom. The van der Waals surface area contributed by atoms with Gasteiger partial charge in [-0.2, -0.15) is 0 Å². The number of nitrogens with one attached hydrogen (secondary N) is 3. The molecule has 0 aromatic heterocycles. The van der Waals surface area contributed by atoms with Gasteiger partial charge in [-0.15, -0.1) is 0 Å². The second-order valence-corrected chi connectivity index (χ2v) is 7.23. The highest BCUT2D eigenvalue weighted by Gasteiger charge is 2.31. The molecule has 1 aliphatic heterocycles. The van der Waals surface area contributed by atoms with Crippen molar-refractivity contribution in [3.05, 3.63) is 107 Å². The third-order valence-electron chi connectivity index (χ3n) is 5.01. The van der Waals surface area contributed by atoms with Crippen LogP contribution in [0.2, 0.25) is 0 Å². The molecule has 31 heavy (non-hydrogen) atoms. The maximum absolute atomic E-state index is 13.0. The van der Waals surface area contributed by atoms with E-state index in [4.69, 9.17) is 4.74 Å². The second-order valence-electron chi connectivity index (χ2n) is 7.23. The summed E-state index contributed by atoms with van der Waals surface area (Å²) in [6.07, 6.45) is 0. The minimum Gasteiger partial charge on any atom is -0.489 e. The highest BCUT2D eigenvalue weighted by molar-refractivity contribution is 6.06. The molecule has 3 N–H and O–H groups in total. The number of rotatable bonds is 6. The Bertz CT molecular complexity index is 1090. The van der Waals surface area contributed by atoms with E-state index in [0.29, 0.717) is 29.3 Å². The van der Waals surface area contributed by atoms with Crippen molar-refractivity contribution in [1.29, 1.82) is 0 Å². The van der Waals surface area contributed by atoms with Gasteiger partial charge in [0, 0.05) is 11.4 Å². The lowest BCUT2D eigenvalue weighted by Gasteiger charge is -2.28. The molecule has 3 aromatic carbocycles. The van der Waals surface area contributed by atoms with E-state index in [0.717, 1.165) is 11.1 Å². The van der Waals surface area contributed by atoms with Crippen LogP contribution in [0, 0.1) is 0 Å². The van der Waals surface area contributed by atoms with Crippen LogP contribution in [0.1, 0.15) is 24.1 Å². The number of anilines is 1. The highest BCUT2D eigenvalue weighted by atomic mass is 16.5. The van der Waals surface area contributed by atoms with Crippen LogP contribution < -0.4 is 20.7 Å². The summed E-state index contributed by atoms with van der Waals surface area (Å²) in [6, 6.07) is 25.6. The first-order valence-corrected chi connectivity index (χ1v) is 10.0. The number of benzene rings is 3. The van der Waals surface area contributed by atoms with Gasteiger partial charge < -0.3 is 20.7 Å². The average molecular weight is 413 g/mol. The van der Waals surface area contributed by atoms with E-state index in [1.54, 1.807) is 6.92 Å². The summed E-state index contributed by atoms with van der Waals surface area (Å²) in [6.45, 7) is 2.19. The molecule has 0 saturated carbocycles. The molecule has 1 aliphatic rings. The fourth-order valence-electron chi connectivity index (χ4n) is 3.46. The summed E-state index contributed by atoms with van der Waals surface area (Å²) in [5, 5.41) is 8.43. The van der Waals surface area contributed by atoms with Crippen LogP contribution >= 0.6 is 0 Å². The fraction of sp³-hybridized carbons (Fsp3) is 0.120. The van der Waals surface area contributed by atoms with E-state index < -0.39 is 6.04 Å². The first-order chi connectivity index (χ1) is 15.1. The lowest BCUT2D eigenvalue weighted by molar-refractivity contribution is -0.113. The van der Waals surface area contributed by atoms with E-state index in [2.05, 4.69) is 16.0 Å². The van der Waals surface area contributed by atoms with Gasteiger partial charge in [-0.05, 0) is 42.3 Å². The Balaban J connectivity index is 1.52. The van der Waals surface area contributed by atoms with Gasteiger partial charge in [-0.1, -0.05) is 60.7 Å². The molecule has 0 radical (unpaired) electrons. The Morgan fingerprint density at radius 1 is 0.935 bits per heavy atom. The van der Waals surface area contributed by atoms with Crippen molar-refractivity contribution in [2.75, 3.05) is 5.32 Å². The number of allylic oxidation sites excluding steroid dienone is 1. The summed E-state index contributed by atoms with van der Waals surface area (Å²) in [7, 11) is 0. The molecule has 1 heterocycles. The molecule has 0 saturated heterocycles. The van der Waals surface area contributed by atoms with E-state index in [1.807, 2.05) is 84.9 Å². The largest absolute Gasteiger partial charge is 0.489 e. The molecule has 1 atom stereocenters. The molecule has 156 valence electrons. The second kappa shape index (κ2) is 9.17. The van der Waals surface area contributed by atoms with Crippen molar-refractivity contribution in [3.63, 3.8) is 0 Å². The van der Waals surface area contributed by atoms with Gasteiger partial charge in [-0.25, -0.2) is 4.79 Å². The van der Waals surface area contributed by atoms with Gasteiger partial charge >= 0.3 is 6.03 Å². The third-order valence-corrected chi connectivity index (χ3v) is 5.01. The summed E-state index contributed by atoms with van der Waals surface area (Å²) in [5.41, 5.74) is 3.54. The highest BCUT2D eigenvalue weighted by Crippen LogP contribution is 2.29. The maximum Gasteiger partial charge on any atom is 0.319 e. The summed E-state index contributed by atoms with van der Waals surface area (Å²) in [4.78, 5) is 25.1. The predicted octanol–water partition coefficient (Wildman–Crippen LogP) is 4.53. The Hall–Kier alpha value is -4.06. The molecule has 6 heteroatoms. The summed E-state index contributed by atoms with van der Waals surface area (Å²) >= 11 is 0. The predicted molar refractivity (Wildman–Crippen MR) is 119 cm³/mol. The van der Waals surface area contributed by atoms with Crippen LogP contribution in [-0.4, -0.2) is 11.9 Å². The number of hydrogen-bond acceptors (Lipinski definition) is 3. The van der Waals surface area contributed by atoms with Gasteiger partial charge in [0.2, 0.25) is 0 Å². The van der Waals surface area contributed by atoms with Gasteiger partial charge in [-0.3, -0.25) is 4.79 Å². The molecule has 3 aromatic rings. The van der Waals surface area contributed by atoms with Crippen LogP contribution in [0.25, 0.3) is 0 Å². The quantitative estimate of drug-likeness (QED) is 0.555. The lowest BCUT2D eigenvalue weighted by atomic mass is 9.94. The first kappa shape index (κ1) is 20.2. The molecular weight excluding hydrogens is 390 g/mol. The smallest absolute Gasteiger partial charge is 0.319 e. The first-order valence-electron chi connectivity index (χ1n) is 10.0. The Morgan fingerprint density at radius 3 is 2.26 bits per heavy atom. The van der Waals surface area contributed by atoms with Crippen LogP contribution in [0.15, 0.2) is 96.2 Å². The van der Waals surface area contributed by atoms with Crippen molar-refractivity contribution in [3.8, 4) is 5.75 Å². The third kappa shape index (κ3) is 4.93. The number of carbonyl (C=O) groups excluding carboxylic acids is 2. The van der Waals surface area contributed by atoms with Crippen LogP contribution in [0.3, 0.4) is 0 Å². The number of carbonyl (C=O) groups is 2. The van der Waals surface area contributed by atoms with Crippen LogP contribution in [-0.2, 0) is 11.4 Å². The molecule has 0 fully saturated rings. The standard InChI is InChI=1S/C25H23N3O3/c1-17-22(24(29)27-20-10-6-3-7-11-20)23(28-25(30)26-17)19-12-14-21(15-13-19)31-16-18-8-4-2-5-9-18/h2-15,23H,16H2,1H3,(H,27,29)(H2,26,28,30)/t23-/m1/s1. The van der Waals surface area contributed by atoms with Gasteiger partial charge in [0.05, 0.1) is 11.6 Å². The molecule has 0 aliphatic carbocycles. The number of amides is 3. The average Bonchev–Trinajstić information content (AvgIpc) is 2.79. The SMILES string of the molecule is CC1=C(C(=O)Nc2ccccc2)[C@@H](c2ccc(OCc3ccccc3)cc2)NC(=O)N1. The van der Waals surface area contributed by atoms with E-state index in [-0.39, 0.29) is 11.9 Å². The van der Waals surface area contributed by atoms with Crippen LogP contribution in [0.4, 0.5) is 10.5 Å². The van der Waals surface area contributed by atoms with Gasteiger partial charge in [0.1, 0.15) is 12.4 Å². The summed E-state index contributed by atoms with van der Waals surface area (Å²) in [5.74, 6) is 0.439. The van der Waals surface area contributed by atoms with Gasteiger partial charge in [0.25, 0.3) is 5.91 Å². The molecule has 6 nitrogen and oxygen atoms in total. The van der Waals surface area contributed by atoms with Crippen molar-refractivity contribution >= 4 is 17.6 Å². The Labute approximate surface area is 180 Å². The van der Waals surface area contributed by atoms with Crippen molar-refractivity contribution < 1.29 is 14.3 Å². The monoisotopic (exact) mass is 413 g/mol. The maximum atomic E-state index is 13.0. The minimum atomic E-state index is -0.569. The number of ether oxygens (including phenoxy) is 1. The number of para-hydroxylation sites is 1. The zero-order valence-corrected chi connectivity index (χ0v) is 17.1. The number of urea groups is 1. The van der Waals surface area contributed by atoms with Crippen LogP contribution in [0.5, 0.6) is 5.75 Å². The van der Waals surface area contributed by atoms with Crippen molar-refractivity contribution in [2.45, 2.75) is 19.6 Å². The number of hydrogen-bond donors (Lipinski definition) is 3. The van der Waals surface area contributed by atoms with E-state index in [1.165, 1.54) is 0 Å². The molecule has 0 spiro atoms.